The molecule has 0 saturated heterocycles. The highest BCUT2D eigenvalue weighted by Gasteiger charge is 2.21. The highest BCUT2D eigenvalue weighted by atomic mass is 19.1. The van der Waals surface area contributed by atoms with Gasteiger partial charge in [0.15, 0.2) is 0 Å². The minimum Gasteiger partial charge on any atom is -0.457 e. The summed E-state index contributed by atoms with van der Waals surface area (Å²) in [6.45, 7) is 0.317. The SMILES string of the molecule is O=C(Cn1ccnc1)NC(COCc1ccccc1)C(=O)Nc1ccc(Oc2ccc(F)cc2)cc1. The Kier molecular flexibility index (Phi) is 8.39. The van der Waals surface area contributed by atoms with E-state index in [0.29, 0.717) is 23.8 Å². The third-order valence-corrected chi connectivity index (χ3v) is 5.10. The molecule has 0 saturated carbocycles. The van der Waals surface area contributed by atoms with Crippen molar-refractivity contribution in [1.29, 1.82) is 0 Å². The molecule has 184 valence electrons. The Morgan fingerprint density at radius 2 is 1.64 bits per heavy atom. The molecule has 0 aliphatic rings. The van der Waals surface area contributed by atoms with Crippen molar-refractivity contribution in [2.75, 3.05) is 11.9 Å². The lowest BCUT2D eigenvalue weighted by Crippen LogP contribution is -2.47. The van der Waals surface area contributed by atoms with Gasteiger partial charge in [0.25, 0.3) is 0 Å². The largest absolute Gasteiger partial charge is 0.457 e. The van der Waals surface area contributed by atoms with Crippen LogP contribution in [0.1, 0.15) is 5.56 Å². The van der Waals surface area contributed by atoms with Crippen LogP contribution in [0.15, 0.2) is 97.6 Å². The molecule has 36 heavy (non-hydrogen) atoms. The van der Waals surface area contributed by atoms with Gasteiger partial charge in [-0.25, -0.2) is 9.37 Å². The van der Waals surface area contributed by atoms with Gasteiger partial charge in [0.2, 0.25) is 11.8 Å². The number of nitrogens with zero attached hydrogens (tertiary/aromatic N) is 2. The molecule has 1 aromatic heterocycles. The van der Waals surface area contributed by atoms with E-state index < -0.39 is 11.9 Å². The van der Waals surface area contributed by atoms with Crippen LogP contribution in [0.3, 0.4) is 0 Å². The first-order valence-corrected chi connectivity index (χ1v) is 11.3. The second-order valence-corrected chi connectivity index (χ2v) is 7.93. The number of carbonyl (C=O) groups excluding carboxylic acids is 2. The molecular formula is C27H25FN4O4. The lowest BCUT2D eigenvalue weighted by Gasteiger charge is -2.19. The molecule has 1 unspecified atom stereocenters. The summed E-state index contributed by atoms with van der Waals surface area (Å²) < 4.78 is 26.1. The molecule has 8 nitrogen and oxygen atoms in total. The lowest BCUT2D eigenvalue weighted by molar-refractivity contribution is -0.128. The Morgan fingerprint density at radius 3 is 2.31 bits per heavy atom. The van der Waals surface area contributed by atoms with Gasteiger partial charge >= 0.3 is 0 Å². The number of rotatable bonds is 11. The molecule has 0 aliphatic heterocycles. The van der Waals surface area contributed by atoms with Crippen molar-refractivity contribution >= 4 is 17.5 Å². The molecule has 2 amide bonds. The van der Waals surface area contributed by atoms with E-state index in [1.165, 1.54) is 30.6 Å². The van der Waals surface area contributed by atoms with Gasteiger partial charge in [-0.15, -0.1) is 0 Å². The van der Waals surface area contributed by atoms with Gasteiger partial charge < -0.3 is 24.7 Å². The number of nitrogens with one attached hydrogen (secondary N) is 2. The highest BCUT2D eigenvalue weighted by molar-refractivity contribution is 5.97. The Bertz CT molecular complexity index is 1250. The first kappa shape index (κ1) is 24.6. The van der Waals surface area contributed by atoms with Crippen molar-refractivity contribution in [3.8, 4) is 11.5 Å². The molecule has 0 spiro atoms. The maximum Gasteiger partial charge on any atom is 0.249 e. The number of hydrogen-bond acceptors (Lipinski definition) is 5. The van der Waals surface area contributed by atoms with Crippen molar-refractivity contribution in [2.45, 2.75) is 19.2 Å². The molecule has 0 aliphatic carbocycles. The first-order valence-electron chi connectivity index (χ1n) is 11.3. The molecule has 0 bridgehead atoms. The first-order chi connectivity index (χ1) is 17.5. The summed E-state index contributed by atoms with van der Waals surface area (Å²) in [4.78, 5) is 29.4. The fourth-order valence-corrected chi connectivity index (χ4v) is 3.31. The second-order valence-electron chi connectivity index (χ2n) is 7.93. The summed E-state index contributed by atoms with van der Waals surface area (Å²) in [6, 6.07) is 21.0. The average molecular weight is 489 g/mol. The van der Waals surface area contributed by atoms with E-state index in [1.807, 2.05) is 30.3 Å². The van der Waals surface area contributed by atoms with Crippen LogP contribution in [-0.4, -0.2) is 34.0 Å². The molecule has 1 heterocycles. The van der Waals surface area contributed by atoms with Gasteiger partial charge in [0, 0.05) is 18.1 Å². The summed E-state index contributed by atoms with van der Waals surface area (Å²) in [6.07, 6.45) is 4.76. The number of benzene rings is 3. The normalized spacial score (nSPS) is 11.5. The van der Waals surface area contributed by atoms with Crippen molar-refractivity contribution in [2.24, 2.45) is 0 Å². The van der Waals surface area contributed by atoms with Crippen LogP contribution in [0.2, 0.25) is 0 Å². The Hall–Kier alpha value is -4.50. The van der Waals surface area contributed by atoms with E-state index in [4.69, 9.17) is 9.47 Å². The van der Waals surface area contributed by atoms with E-state index in [9.17, 15) is 14.0 Å². The molecule has 1 atom stereocenters. The van der Waals surface area contributed by atoms with Crippen LogP contribution >= 0.6 is 0 Å². The fourth-order valence-electron chi connectivity index (χ4n) is 3.31. The zero-order valence-corrected chi connectivity index (χ0v) is 19.3. The minimum atomic E-state index is -0.917. The van der Waals surface area contributed by atoms with Gasteiger partial charge in [0.05, 0.1) is 19.5 Å². The van der Waals surface area contributed by atoms with Crippen LogP contribution in [0, 0.1) is 5.82 Å². The molecule has 9 heteroatoms. The zero-order chi connectivity index (χ0) is 25.2. The fraction of sp³-hybridized carbons (Fsp3) is 0.148. The van der Waals surface area contributed by atoms with Crippen LogP contribution in [-0.2, 0) is 27.5 Å². The van der Waals surface area contributed by atoms with Crippen LogP contribution < -0.4 is 15.4 Å². The number of amides is 2. The average Bonchev–Trinajstić information content (AvgIpc) is 3.39. The van der Waals surface area contributed by atoms with E-state index in [-0.39, 0.29) is 24.9 Å². The Labute approximate surface area is 207 Å². The summed E-state index contributed by atoms with van der Waals surface area (Å²) in [5.41, 5.74) is 1.47. The summed E-state index contributed by atoms with van der Waals surface area (Å²) in [7, 11) is 0. The molecular weight excluding hydrogens is 463 g/mol. The molecule has 2 N–H and O–H groups in total. The lowest BCUT2D eigenvalue weighted by atomic mass is 10.2. The maximum atomic E-state index is 13.1. The topological polar surface area (TPSA) is 94.5 Å². The number of anilines is 1. The van der Waals surface area contributed by atoms with Gasteiger partial charge in [-0.3, -0.25) is 9.59 Å². The Morgan fingerprint density at radius 1 is 0.944 bits per heavy atom. The number of halogens is 1. The van der Waals surface area contributed by atoms with Crippen LogP contribution in [0.5, 0.6) is 11.5 Å². The highest BCUT2D eigenvalue weighted by Crippen LogP contribution is 2.23. The number of imidazole rings is 1. The molecule has 0 fully saturated rings. The minimum absolute atomic E-state index is 0.0117. The van der Waals surface area contributed by atoms with Crippen molar-refractivity contribution in [3.63, 3.8) is 0 Å². The second kappa shape index (κ2) is 12.3. The van der Waals surface area contributed by atoms with Crippen molar-refractivity contribution in [3.05, 3.63) is 109 Å². The molecule has 3 aromatic carbocycles. The summed E-state index contributed by atoms with van der Waals surface area (Å²) >= 11 is 0. The zero-order valence-electron chi connectivity index (χ0n) is 19.3. The van der Waals surface area contributed by atoms with E-state index in [2.05, 4.69) is 15.6 Å². The third kappa shape index (κ3) is 7.51. The van der Waals surface area contributed by atoms with Crippen molar-refractivity contribution < 1.29 is 23.5 Å². The predicted molar refractivity (Wildman–Crippen MR) is 132 cm³/mol. The van der Waals surface area contributed by atoms with Crippen molar-refractivity contribution in [1.82, 2.24) is 14.9 Å². The number of ether oxygens (including phenoxy) is 2. The molecule has 4 rings (SSSR count). The molecule has 4 aromatic rings. The standard InChI is InChI=1S/C27H25FN4O4/c28-21-6-10-23(11-7-21)36-24-12-8-22(9-13-24)30-27(34)25(18-35-17-20-4-2-1-3-5-20)31-26(33)16-32-15-14-29-19-32/h1-15,19,25H,16-18H2,(H,30,34)(H,31,33). The van der Waals surface area contributed by atoms with E-state index in [0.717, 1.165) is 5.56 Å². The van der Waals surface area contributed by atoms with Crippen LogP contribution in [0.4, 0.5) is 10.1 Å². The van der Waals surface area contributed by atoms with Gasteiger partial charge in [-0.05, 0) is 54.1 Å². The summed E-state index contributed by atoms with van der Waals surface area (Å²) in [5, 5.41) is 5.53. The van der Waals surface area contributed by atoms with Gasteiger partial charge in [-0.1, -0.05) is 30.3 Å². The monoisotopic (exact) mass is 488 g/mol. The smallest absolute Gasteiger partial charge is 0.249 e. The van der Waals surface area contributed by atoms with Gasteiger partial charge in [0.1, 0.15) is 29.9 Å². The van der Waals surface area contributed by atoms with Gasteiger partial charge in [-0.2, -0.15) is 0 Å². The number of hydrogen-bond donors (Lipinski definition) is 2. The third-order valence-electron chi connectivity index (χ3n) is 5.10. The quantitative estimate of drug-likeness (QED) is 0.331. The number of aromatic nitrogens is 2. The maximum absolute atomic E-state index is 13.1. The number of carbonyl (C=O) groups is 2. The van der Waals surface area contributed by atoms with E-state index in [1.54, 1.807) is 41.2 Å². The van der Waals surface area contributed by atoms with E-state index >= 15 is 0 Å². The summed E-state index contributed by atoms with van der Waals surface area (Å²) in [5.74, 6) is -0.103. The molecule has 0 radical (unpaired) electrons. The predicted octanol–water partition coefficient (Wildman–Crippen LogP) is 4.15. The Balaban J connectivity index is 1.36. The van der Waals surface area contributed by atoms with Crippen LogP contribution in [0.25, 0.3) is 0 Å².